The van der Waals surface area contributed by atoms with Crippen molar-refractivity contribution in [3.8, 4) is 0 Å². The van der Waals surface area contributed by atoms with Crippen LogP contribution in [-0.2, 0) is 6.54 Å². The molecule has 5 heteroatoms. The van der Waals surface area contributed by atoms with Gasteiger partial charge in [0.2, 0.25) is 0 Å². The minimum Gasteiger partial charge on any atom is -0.345 e. The molecule has 24 heavy (non-hydrogen) atoms. The largest absolute Gasteiger partial charge is 0.345 e. The maximum Gasteiger partial charge on any atom is 0.156 e. The summed E-state index contributed by atoms with van der Waals surface area (Å²) in [5.41, 5.74) is 5.64. The predicted octanol–water partition coefficient (Wildman–Crippen LogP) is 3.20. The maximum atomic E-state index is 4.57. The van der Waals surface area contributed by atoms with Gasteiger partial charge in [0.05, 0.1) is 11.7 Å². The van der Waals surface area contributed by atoms with Crippen LogP contribution in [0.1, 0.15) is 23.6 Å². The molecule has 0 spiro atoms. The molecule has 1 N–H and O–H groups in total. The third kappa shape index (κ3) is 2.20. The van der Waals surface area contributed by atoms with E-state index >= 15 is 0 Å². The van der Waals surface area contributed by atoms with Crippen LogP contribution in [0.4, 0.5) is 0 Å². The predicted molar refractivity (Wildman–Crippen MR) is 93.9 cm³/mol. The van der Waals surface area contributed by atoms with Gasteiger partial charge < -0.3 is 4.98 Å². The van der Waals surface area contributed by atoms with Crippen molar-refractivity contribution >= 4 is 16.8 Å². The number of aromatic nitrogens is 4. The lowest BCUT2D eigenvalue weighted by atomic mass is 10.1. The average molecular weight is 317 g/mol. The van der Waals surface area contributed by atoms with Crippen molar-refractivity contribution in [3.63, 3.8) is 0 Å². The number of rotatable bonds is 3. The van der Waals surface area contributed by atoms with E-state index < -0.39 is 0 Å². The van der Waals surface area contributed by atoms with Crippen molar-refractivity contribution in [3.05, 3.63) is 66.2 Å². The van der Waals surface area contributed by atoms with Gasteiger partial charge in [-0.3, -0.25) is 9.30 Å². The molecule has 0 saturated carbocycles. The van der Waals surface area contributed by atoms with Gasteiger partial charge in [-0.1, -0.05) is 30.3 Å². The second kappa shape index (κ2) is 5.46. The summed E-state index contributed by atoms with van der Waals surface area (Å²) in [6.07, 6.45) is 6.99. The van der Waals surface area contributed by atoms with Crippen molar-refractivity contribution in [2.24, 2.45) is 0 Å². The fourth-order valence-corrected chi connectivity index (χ4v) is 3.84. The van der Waals surface area contributed by atoms with Crippen molar-refractivity contribution in [2.45, 2.75) is 18.9 Å². The van der Waals surface area contributed by atoms with Crippen LogP contribution in [0.3, 0.4) is 0 Å². The Kier molecular flexibility index (Phi) is 3.13. The number of hydrogen-bond donors (Lipinski definition) is 1. The first-order valence-electron chi connectivity index (χ1n) is 8.44. The maximum absolute atomic E-state index is 4.57. The van der Waals surface area contributed by atoms with Crippen LogP contribution in [0, 0.1) is 0 Å². The SMILES string of the molecule is c1ccc(CN2CCC(c3cnc4cnc5[nH]ccc5n34)C2)cc1. The monoisotopic (exact) mass is 317 g/mol. The Hall–Kier alpha value is -2.66. The van der Waals surface area contributed by atoms with Gasteiger partial charge in [0.15, 0.2) is 11.3 Å². The number of benzene rings is 1. The van der Waals surface area contributed by atoms with Gasteiger partial charge in [-0.15, -0.1) is 0 Å². The van der Waals surface area contributed by atoms with Crippen LogP contribution in [0.25, 0.3) is 16.8 Å². The van der Waals surface area contributed by atoms with Gasteiger partial charge in [0.1, 0.15) is 0 Å². The molecule has 0 bridgehead atoms. The number of likely N-dealkylation sites (tertiary alicyclic amines) is 1. The van der Waals surface area contributed by atoms with E-state index in [4.69, 9.17) is 0 Å². The number of nitrogens with zero attached hydrogens (tertiary/aromatic N) is 4. The Morgan fingerprint density at radius 1 is 1.08 bits per heavy atom. The van der Waals surface area contributed by atoms with Crippen molar-refractivity contribution < 1.29 is 0 Å². The van der Waals surface area contributed by atoms with E-state index in [2.05, 4.69) is 60.7 Å². The first-order chi connectivity index (χ1) is 11.9. The summed E-state index contributed by atoms with van der Waals surface area (Å²) in [5.74, 6) is 0.518. The van der Waals surface area contributed by atoms with Crippen molar-refractivity contribution in [2.75, 3.05) is 13.1 Å². The summed E-state index contributed by atoms with van der Waals surface area (Å²) in [6, 6.07) is 12.8. The molecule has 4 heterocycles. The molecule has 0 amide bonds. The third-order valence-electron chi connectivity index (χ3n) is 5.01. The molecule has 1 aliphatic rings. The summed E-state index contributed by atoms with van der Waals surface area (Å²) in [5, 5.41) is 0. The zero-order valence-electron chi connectivity index (χ0n) is 13.4. The molecule has 3 aromatic heterocycles. The molecule has 1 atom stereocenters. The molecule has 5 nitrogen and oxygen atoms in total. The summed E-state index contributed by atoms with van der Waals surface area (Å²) in [6.45, 7) is 3.24. The van der Waals surface area contributed by atoms with Crippen LogP contribution in [0.15, 0.2) is 55.0 Å². The smallest absolute Gasteiger partial charge is 0.156 e. The summed E-state index contributed by atoms with van der Waals surface area (Å²) in [7, 11) is 0. The molecule has 120 valence electrons. The normalized spacial score (nSPS) is 18.8. The summed E-state index contributed by atoms with van der Waals surface area (Å²) < 4.78 is 2.26. The van der Waals surface area contributed by atoms with E-state index in [1.165, 1.54) is 17.7 Å². The van der Waals surface area contributed by atoms with E-state index in [0.717, 1.165) is 36.4 Å². The molecule has 1 aromatic carbocycles. The van der Waals surface area contributed by atoms with Crippen LogP contribution < -0.4 is 0 Å². The second-order valence-corrected chi connectivity index (χ2v) is 6.55. The lowest BCUT2D eigenvalue weighted by Crippen LogP contribution is -2.20. The first-order valence-corrected chi connectivity index (χ1v) is 8.44. The standard InChI is InChI=1S/C19H19N5/c1-2-4-14(5-3-1)12-23-9-7-15(13-23)17-10-21-18-11-22-19-16(24(17)18)6-8-20-19/h1-6,8,10-11,15,20H,7,9,12-13H2. The number of H-pyrrole nitrogens is 1. The number of aromatic amines is 1. The molecule has 1 unspecified atom stereocenters. The Bertz CT molecular complexity index is 985. The minimum atomic E-state index is 0.518. The lowest BCUT2D eigenvalue weighted by Gasteiger charge is -2.16. The first kappa shape index (κ1) is 13.7. The van der Waals surface area contributed by atoms with Crippen LogP contribution in [0.2, 0.25) is 0 Å². The minimum absolute atomic E-state index is 0.518. The quantitative estimate of drug-likeness (QED) is 0.631. The van der Waals surface area contributed by atoms with Crippen LogP contribution in [0.5, 0.6) is 0 Å². The van der Waals surface area contributed by atoms with Gasteiger partial charge in [-0.2, -0.15) is 0 Å². The number of fused-ring (bicyclic) bond motifs is 3. The van der Waals surface area contributed by atoms with Crippen LogP contribution >= 0.6 is 0 Å². The Labute approximate surface area is 140 Å². The molecule has 5 rings (SSSR count). The highest BCUT2D eigenvalue weighted by molar-refractivity contribution is 5.74. The number of hydrogen-bond acceptors (Lipinski definition) is 3. The zero-order chi connectivity index (χ0) is 15.9. The van der Waals surface area contributed by atoms with Crippen molar-refractivity contribution in [1.29, 1.82) is 0 Å². The average Bonchev–Trinajstić information content (AvgIpc) is 3.33. The zero-order valence-corrected chi connectivity index (χ0v) is 13.4. The van der Waals surface area contributed by atoms with Crippen LogP contribution in [-0.4, -0.2) is 37.3 Å². The molecular formula is C19H19N5. The van der Waals surface area contributed by atoms with Gasteiger partial charge in [0, 0.05) is 37.1 Å². The topological polar surface area (TPSA) is 49.2 Å². The van der Waals surface area contributed by atoms with E-state index in [1.54, 1.807) is 0 Å². The Morgan fingerprint density at radius 3 is 2.92 bits per heavy atom. The molecule has 1 fully saturated rings. The number of nitrogens with one attached hydrogen (secondary N) is 1. The fourth-order valence-electron chi connectivity index (χ4n) is 3.84. The van der Waals surface area contributed by atoms with Gasteiger partial charge >= 0.3 is 0 Å². The summed E-state index contributed by atoms with van der Waals surface area (Å²) in [4.78, 5) is 14.7. The number of imidazole rings is 1. The summed E-state index contributed by atoms with van der Waals surface area (Å²) >= 11 is 0. The molecule has 0 radical (unpaired) electrons. The molecular weight excluding hydrogens is 298 g/mol. The van der Waals surface area contributed by atoms with Gasteiger partial charge in [-0.05, 0) is 24.6 Å². The van der Waals surface area contributed by atoms with E-state index in [-0.39, 0.29) is 0 Å². The molecule has 1 aliphatic heterocycles. The third-order valence-corrected chi connectivity index (χ3v) is 5.01. The van der Waals surface area contributed by atoms with E-state index in [0.29, 0.717) is 5.92 Å². The molecule has 1 saturated heterocycles. The lowest BCUT2D eigenvalue weighted by molar-refractivity contribution is 0.326. The van der Waals surface area contributed by atoms with Gasteiger partial charge in [0.25, 0.3) is 0 Å². The van der Waals surface area contributed by atoms with Gasteiger partial charge in [-0.25, -0.2) is 9.97 Å². The van der Waals surface area contributed by atoms with E-state index in [9.17, 15) is 0 Å². The molecule has 0 aliphatic carbocycles. The second-order valence-electron chi connectivity index (χ2n) is 6.55. The Morgan fingerprint density at radius 2 is 2.00 bits per heavy atom. The fraction of sp³-hybridized carbons (Fsp3) is 0.263. The highest BCUT2D eigenvalue weighted by atomic mass is 15.2. The highest BCUT2D eigenvalue weighted by Crippen LogP contribution is 2.30. The molecule has 4 aromatic rings. The Balaban J connectivity index is 1.45. The van der Waals surface area contributed by atoms with Crippen molar-refractivity contribution in [1.82, 2.24) is 24.3 Å². The highest BCUT2D eigenvalue weighted by Gasteiger charge is 2.26. The van der Waals surface area contributed by atoms with E-state index in [1.807, 2.05) is 18.6 Å².